The third kappa shape index (κ3) is 7.83. The van der Waals surface area contributed by atoms with Crippen LogP contribution in [0.4, 0.5) is 0 Å². The van der Waals surface area contributed by atoms with Gasteiger partial charge in [0.2, 0.25) is 5.91 Å². The number of rotatable bonds is 9. The Balaban J connectivity index is 1.79. The monoisotopic (exact) mass is 458 g/mol. The lowest BCUT2D eigenvalue weighted by atomic mass is 10.00. The van der Waals surface area contributed by atoms with Gasteiger partial charge >= 0.3 is 0 Å². The minimum atomic E-state index is 0.270. The minimum Gasteiger partial charge on any atom is -0.345 e. The molecular weight excluding hydrogens is 428 g/mol. The van der Waals surface area contributed by atoms with Crippen molar-refractivity contribution in [3.05, 3.63) is 28.7 Å². The van der Waals surface area contributed by atoms with Gasteiger partial charge in [-0.1, -0.05) is 28.8 Å². The Bertz CT molecular complexity index is 553. The van der Waals surface area contributed by atoms with Crippen LogP contribution in [-0.4, -0.2) is 66.2 Å². The predicted molar refractivity (Wildman–Crippen MR) is 119 cm³/mol. The van der Waals surface area contributed by atoms with Crippen molar-refractivity contribution in [2.24, 2.45) is 0 Å². The minimum absolute atomic E-state index is 0.270. The maximum Gasteiger partial charge on any atom is 0.232 e. The van der Waals surface area contributed by atoms with Crippen LogP contribution in [0.2, 0.25) is 0 Å². The zero-order valence-electron chi connectivity index (χ0n) is 16.1. The first-order valence-corrected chi connectivity index (χ1v) is 12.1. The van der Waals surface area contributed by atoms with E-state index in [4.69, 9.17) is 0 Å². The molecule has 0 aliphatic heterocycles. The molecule has 1 fully saturated rings. The number of benzene rings is 1. The smallest absolute Gasteiger partial charge is 0.232 e. The number of halogens is 1. The first-order chi connectivity index (χ1) is 12.5. The average molecular weight is 460 g/mol. The molecule has 3 nitrogen and oxygen atoms in total. The number of nitrogens with zero attached hydrogens (tertiary/aromatic N) is 2. The van der Waals surface area contributed by atoms with E-state index >= 15 is 0 Å². The van der Waals surface area contributed by atoms with Gasteiger partial charge in [0.1, 0.15) is 0 Å². The summed E-state index contributed by atoms with van der Waals surface area (Å²) in [5, 5.41) is 1.19. The van der Waals surface area contributed by atoms with Gasteiger partial charge in [-0.15, -0.1) is 23.5 Å². The second-order valence-corrected chi connectivity index (χ2v) is 10.7. The largest absolute Gasteiger partial charge is 0.345 e. The fourth-order valence-electron chi connectivity index (χ4n) is 3.11. The Morgan fingerprint density at radius 3 is 2.38 bits per heavy atom. The highest BCUT2D eigenvalue weighted by atomic mass is 79.9. The molecule has 0 radical (unpaired) electrons. The van der Waals surface area contributed by atoms with E-state index in [0.717, 1.165) is 24.0 Å². The van der Waals surface area contributed by atoms with Crippen LogP contribution in [0.3, 0.4) is 0 Å². The summed E-state index contributed by atoms with van der Waals surface area (Å²) >= 11 is 7.36. The van der Waals surface area contributed by atoms with Crippen LogP contribution in [0, 0.1) is 0 Å². The van der Waals surface area contributed by atoms with Crippen LogP contribution in [0.5, 0.6) is 0 Å². The lowest BCUT2D eigenvalue weighted by molar-refractivity contribution is -0.127. The molecular formula is C20H31BrN2OS2. The zero-order chi connectivity index (χ0) is 18.9. The molecule has 0 N–H and O–H groups in total. The van der Waals surface area contributed by atoms with Crippen molar-refractivity contribution >= 4 is 45.4 Å². The standard InChI is InChI=1S/C20H31BrN2OS2/c1-22(2)13-6-14-23(3)20(24)15-25-18-7-4-5-8-19(18)26-17-11-9-16(21)10-12-17/h9-12,18-19H,4-8,13-15H2,1-3H3/t18-,19-/m1/s1. The van der Waals surface area contributed by atoms with E-state index in [1.807, 2.05) is 35.5 Å². The lowest BCUT2D eigenvalue weighted by Gasteiger charge is -2.31. The molecule has 1 aromatic rings. The summed E-state index contributed by atoms with van der Waals surface area (Å²) < 4.78 is 1.12. The molecule has 26 heavy (non-hydrogen) atoms. The van der Waals surface area contributed by atoms with E-state index in [9.17, 15) is 4.79 Å². The molecule has 1 amide bonds. The van der Waals surface area contributed by atoms with Gasteiger partial charge < -0.3 is 9.80 Å². The molecule has 2 atom stereocenters. The second kappa shape index (κ2) is 11.6. The van der Waals surface area contributed by atoms with Gasteiger partial charge in [0.15, 0.2) is 0 Å². The Kier molecular flexibility index (Phi) is 9.89. The summed E-state index contributed by atoms with van der Waals surface area (Å²) in [5.74, 6) is 0.882. The number of carbonyl (C=O) groups is 1. The maximum absolute atomic E-state index is 12.4. The zero-order valence-corrected chi connectivity index (χ0v) is 19.3. The van der Waals surface area contributed by atoms with Gasteiger partial charge in [-0.2, -0.15) is 0 Å². The van der Waals surface area contributed by atoms with Crippen LogP contribution in [-0.2, 0) is 4.79 Å². The normalized spacial score (nSPS) is 20.3. The number of hydrogen-bond acceptors (Lipinski definition) is 4. The van der Waals surface area contributed by atoms with E-state index in [-0.39, 0.29) is 5.91 Å². The number of amides is 1. The van der Waals surface area contributed by atoms with Crippen LogP contribution in [0.25, 0.3) is 0 Å². The van der Waals surface area contributed by atoms with Gasteiger partial charge in [0, 0.05) is 33.5 Å². The molecule has 0 unspecified atom stereocenters. The highest BCUT2D eigenvalue weighted by Gasteiger charge is 2.27. The van der Waals surface area contributed by atoms with Crippen LogP contribution < -0.4 is 0 Å². The highest BCUT2D eigenvalue weighted by molar-refractivity contribution is 9.10. The van der Waals surface area contributed by atoms with Crippen molar-refractivity contribution in [2.45, 2.75) is 47.5 Å². The topological polar surface area (TPSA) is 23.6 Å². The Morgan fingerprint density at radius 2 is 1.73 bits per heavy atom. The molecule has 0 bridgehead atoms. The quantitative estimate of drug-likeness (QED) is 0.519. The van der Waals surface area contributed by atoms with Crippen molar-refractivity contribution in [3.63, 3.8) is 0 Å². The summed E-state index contributed by atoms with van der Waals surface area (Å²) in [5.41, 5.74) is 0. The van der Waals surface area contributed by atoms with Gasteiger partial charge in [-0.3, -0.25) is 4.79 Å². The first-order valence-electron chi connectivity index (χ1n) is 9.38. The summed E-state index contributed by atoms with van der Waals surface area (Å²) in [7, 11) is 6.08. The summed E-state index contributed by atoms with van der Waals surface area (Å²) in [4.78, 5) is 17.8. The van der Waals surface area contributed by atoms with Crippen molar-refractivity contribution in [3.8, 4) is 0 Å². The average Bonchev–Trinajstić information content (AvgIpc) is 2.62. The third-order valence-corrected chi connectivity index (χ3v) is 8.21. The molecule has 146 valence electrons. The van der Waals surface area contributed by atoms with Crippen LogP contribution >= 0.6 is 39.5 Å². The fourth-order valence-corrected chi connectivity index (χ4v) is 6.26. The summed E-state index contributed by atoms with van der Waals surface area (Å²) in [6.45, 7) is 1.87. The molecule has 1 aromatic carbocycles. The third-order valence-electron chi connectivity index (χ3n) is 4.69. The number of thioether (sulfide) groups is 2. The molecule has 0 aromatic heterocycles. The van der Waals surface area contributed by atoms with Crippen molar-refractivity contribution in [1.29, 1.82) is 0 Å². The fraction of sp³-hybridized carbons (Fsp3) is 0.650. The van der Waals surface area contributed by atoms with E-state index in [0.29, 0.717) is 16.3 Å². The molecule has 0 heterocycles. The molecule has 1 aliphatic rings. The summed E-state index contributed by atoms with van der Waals surface area (Å²) in [6.07, 6.45) is 6.12. The van der Waals surface area contributed by atoms with Crippen LogP contribution in [0.1, 0.15) is 32.1 Å². The molecule has 2 rings (SSSR count). The van der Waals surface area contributed by atoms with Gasteiger partial charge in [-0.25, -0.2) is 0 Å². The van der Waals surface area contributed by atoms with Crippen molar-refractivity contribution < 1.29 is 4.79 Å². The molecule has 0 spiro atoms. The van der Waals surface area contributed by atoms with E-state index in [2.05, 4.69) is 59.2 Å². The van der Waals surface area contributed by atoms with Gasteiger partial charge in [0.25, 0.3) is 0 Å². The molecule has 1 aliphatic carbocycles. The number of carbonyl (C=O) groups excluding carboxylic acids is 1. The van der Waals surface area contributed by atoms with E-state index in [1.54, 1.807) is 0 Å². The molecule has 6 heteroatoms. The van der Waals surface area contributed by atoms with E-state index in [1.165, 1.54) is 30.6 Å². The summed E-state index contributed by atoms with van der Waals surface area (Å²) in [6, 6.07) is 8.60. The van der Waals surface area contributed by atoms with Crippen molar-refractivity contribution in [2.75, 3.05) is 40.0 Å². The number of hydrogen-bond donors (Lipinski definition) is 0. The SMILES string of the molecule is CN(C)CCCN(C)C(=O)CS[C@@H]1CCCC[C@H]1Sc1ccc(Br)cc1. The Morgan fingerprint density at radius 1 is 1.08 bits per heavy atom. The molecule has 0 saturated heterocycles. The molecule has 1 saturated carbocycles. The Labute approximate surface area is 175 Å². The van der Waals surface area contributed by atoms with Gasteiger partial charge in [0.05, 0.1) is 5.75 Å². The second-order valence-electron chi connectivity index (χ2n) is 7.22. The first kappa shape index (κ1) is 22.1. The van der Waals surface area contributed by atoms with Gasteiger partial charge in [-0.05, 0) is 64.2 Å². The lowest BCUT2D eigenvalue weighted by Crippen LogP contribution is -2.33. The van der Waals surface area contributed by atoms with Crippen LogP contribution in [0.15, 0.2) is 33.6 Å². The highest BCUT2D eigenvalue weighted by Crippen LogP contribution is 2.39. The van der Waals surface area contributed by atoms with E-state index < -0.39 is 0 Å². The predicted octanol–water partition coefficient (Wildman–Crippen LogP) is 5.00. The maximum atomic E-state index is 12.4. The van der Waals surface area contributed by atoms with Crippen molar-refractivity contribution in [1.82, 2.24) is 9.80 Å². The Hall–Kier alpha value is -0.170.